The van der Waals surface area contributed by atoms with Crippen LogP contribution in [0.3, 0.4) is 0 Å². The molecule has 0 amide bonds. The summed E-state index contributed by atoms with van der Waals surface area (Å²) in [5, 5.41) is 7.72. The summed E-state index contributed by atoms with van der Waals surface area (Å²) in [6, 6.07) is -0.466. The van der Waals surface area contributed by atoms with Crippen molar-refractivity contribution in [2.24, 2.45) is 13.0 Å². The monoisotopic (exact) mass is 327 g/mol. The molecule has 9 heteroatoms. The maximum atomic E-state index is 12.7. The largest absolute Gasteiger partial charge is 0.360 e. The summed E-state index contributed by atoms with van der Waals surface area (Å²) in [6.07, 6.45) is 2.02. The van der Waals surface area contributed by atoms with Gasteiger partial charge in [-0.25, -0.2) is 18.1 Å². The van der Waals surface area contributed by atoms with Gasteiger partial charge in [0.2, 0.25) is 10.0 Å². The van der Waals surface area contributed by atoms with E-state index >= 15 is 0 Å². The Morgan fingerprint density at radius 1 is 1.36 bits per heavy atom. The molecule has 2 aromatic rings. The number of nitrogens with one attached hydrogen (secondary N) is 1. The highest BCUT2D eigenvalue weighted by Gasteiger charge is 2.29. The van der Waals surface area contributed by atoms with E-state index < -0.39 is 16.1 Å². The zero-order valence-corrected chi connectivity index (χ0v) is 14.2. The van der Waals surface area contributed by atoms with Crippen molar-refractivity contribution in [3.05, 3.63) is 23.6 Å². The van der Waals surface area contributed by atoms with Gasteiger partial charge in [0, 0.05) is 7.05 Å². The van der Waals surface area contributed by atoms with Gasteiger partial charge in [0.25, 0.3) is 0 Å². The number of nitrogens with zero attached hydrogens (tertiary/aromatic N) is 4. The molecule has 0 aliphatic heterocycles. The van der Waals surface area contributed by atoms with Gasteiger partial charge >= 0.3 is 0 Å². The van der Waals surface area contributed by atoms with Gasteiger partial charge in [-0.1, -0.05) is 19.0 Å². The van der Waals surface area contributed by atoms with Gasteiger partial charge in [0.05, 0.1) is 6.04 Å². The van der Waals surface area contributed by atoms with Crippen LogP contribution in [0.15, 0.2) is 15.7 Å². The average Bonchev–Trinajstić information content (AvgIpc) is 2.94. The van der Waals surface area contributed by atoms with E-state index in [0.717, 1.165) is 0 Å². The van der Waals surface area contributed by atoms with E-state index in [1.807, 2.05) is 13.8 Å². The van der Waals surface area contributed by atoms with Crippen molar-refractivity contribution in [2.45, 2.75) is 45.1 Å². The minimum Gasteiger partial charge on any atom is -0.360 e. The lowest BCUT2D eigenvalue weighted by atomic mass is 10.0. The van der Waals surface area contributed by atoms with Crippen LogP contribution in [-0.2, 0) is 17.1 Å². The Morgan fingerprint density at radius 3 is 2.50 bits per heavy atom. The van der Waals surface area contributed by atoms with Crippen molar-refractivity contribution in [1.82, 2.24) is 24.6 Å². The summed E-state index contributed by atoms with van der Waals surface area (Å²) >= 11 is 0. The summed E-state index contributed by atoms with van der Waals surface area (Å²) < 4.78 is 34.6. The van der Waals surface area contributed by atoms with Crippen LogP contribution in [-0.4, -0.2) is 28.3 Å². The third-order valence-electron chi connectivity index (χ3n) is 3.30. The van der Waals surface area contributed by atoms with Gasteiger partial charge in [0.15, 0.2) is 5.76 Å². The molecule has 0 aliphatic rings. The fourth-order valence-electron chi connectivity index (χ4n) is 2.40. The van der Waals surface area contributed by atoms with Crippen LogP contribution in [0.25, 0.3) is 0 Å². The molecule has 0 fully saturated rings. The summed E-state index contributed by atoms with van der Waals surface area (Å²) in [7, 11) is -2.02. The first-order valence-electron chi connectivity index (χ1n) is 7.01. The average molecular weight is 327 g/mol. The molecule has 2 aromatic heterocycles. The lowest BCUT2D eigenvalue weighted by Gasteiger charge is -2.19. The Bertz CT molecular complexity index is 728. The Hall–Kier alpha value is -1.74. The predicted molar refractivity (Wildman–Crippen MR) is 79.5 cm³/mol. The highest BCUT2D eigenvalue weighted by molar-refractivity contribution is 7.89. The van der Waals surface area contributed by atoms with Crippen LogP contribution in [0.5, 0.6) is 0 Å². The highest BCUT2D eigenvalue weighted by Crippen LogP contribution is 2.25. The molecule has 2 rings (SSSR count). The number of aryl methyl sites for hydroxylation is 3. The van der Waals surface area contributed by atoms with Gasteiger partial charge in [0.1, 0.15) is 22.7 Å². The molecule has 0 spiro atoms. The fourth-order valence-corrected chi connectivity index (χ4v) is 3.94. The van der Waals surface area contributed by atoms with Gasteiger partial charge in [-0.05, 0) is 26.2 Å². The standard InChI is InChI=1S/C13H21N5O3S/c1-8(2)6-11(13-14-7-15-18(13)5)17-22(19,20)12-9(3)16-21-10(12)4/h7-8,11,17H,6H2,1-5H3/t11-/m0/s1. The van der Waals surface area contributed by atoms with Crippen molar-refractivity contribution in [3.8, 4) is 0 Å². The first kappa shape index (κ1) is 16.6. The zero-order chi connectivity index (χ0) is 16.5. The second-order valence-corrected chi connectivity index (χ2v) is 7.35. The summed E-state index contributed by atoms with van der Waals surface area (Å²) in [6.45, 7) is 7.22. The summed E-state index contributed by atoms with van der Waals surface area (Å²) in [5.74, 6) is 1.13. The van der Waals surface area contributed by atoms with E-state index in [2.05, 4.69) is 20.0 Å². The Morgan fingerprint density at radius 2 is 2.05 bits per heavy atom. The third kappa shape index (κ3) is 3.36. The molecule has 0 unspecified atom stereocenters. The first-order valence-corrected chi connectivity index (χ1v) is 8.49. The molecule has 0 saturated heterocycles. The van der Waals surface area contributed by atoms with E-state index in [1.54, 1.807) is 25.6 Å². The molecule has 1 N–H and O–H groups in total. The first-order chi connectivity index (χ1) is 10.2. The van der Waals surface area contributed by atoms with Crippen molar-refractivity contribution in [3.63, 3.8) is 0 Å². The maximum absolute atomic E-state index is 12.7. The van der Waals surface area contributed by atoms with Gasteiger partial charge in [-0.15, -0.1) is 0 Å². The highest BCUT2D eigenvalue weighted by atomic mass is 32.2. The molecular formula is C13H21N5O3S. The minimum absolute atomic E-state index is 0.0865. The predicted octanol–water partition coefficient (Wildman–Crippen LogP) is 1.49. The van der Waals surface area contributed by atoms with Crippen LogP contribution in [0.1, 0.15) is 43.6 Å². The van der Waals surface area contributed by atoms with Crippen LogP contribution in [0.2, 0.25) is 0 Å². The van der Waals surface area contributed by atoms with Gasteiger partial charge < -0.3 is 4.52 Å². The molecule has 0 aliphatic carbocycles. The number of sulfonamides is 1. The summed E-state index contributed by atoms with van der Waals surface area (Å²) in [4.78, 5) is 4.25. The molecule has 0 aromatic carbocycles. The molecule has 22 heavy (non-hydrogen) atoms. The lowest BCUT2D eigenvalue weighted by molar-refractivity contribution is 0.390. The van der Waals surface area contributed by atoms with Crippen LogP contribution in [0, 0.1) is 19.8 Å². The molecule has 0 bridgehead atoms. The van der Waals surface area contributed by atoms with Crippen molar-refractivity contribution < 1.29 is 12.9 Å². The Labute approximate surface area is 130 Å². The number of hydrogen-bond acceptors (Lipinski definition) is 6. The van der Waals surface area contributed by atoms with E-state index in [1.165, 1.54) is 6.33 Å². The molecular weight excluding hydrogens is 306 g/mol. The Kier molecular flexibility index (Phi) is 4.66. The van der Waals surface area contributed by atoms with Crippen molar-refractivity contribution in [2.75, 3.05) is 0 Å². The van der Waals surface area contributed by atoms with E-state index in [-0.39, 0.29) is 16.6 Å². The van der Waals surface area contributed by atoms with Crippen LogP contribution >= 0.6 is 0 Å². The minimum atomic E-state index is -3.75. The molecule has 8 nitrogen and oxygen atoms in total. The lowest BCUT2D eigenvalue weighted by Crippen LogP contribution is -2.32. The number of aromatic nitrogens is 4. The van der Waals surface area contributed by atoms with Gasteiger partial charge in [-0.2, -0.15) is 5.10 Å². The smallest absolute Gasteiger partial charge is 0.246 e. The topological polar surface area (TPSA) is 103 Å². The van der Waals surface area contributed by atoms with E-state index in [4.69, 9.17) is 4.52 Å². The molecule has 0 saturated carbocycles. The zero-order valence-electron chi connectivity index (χ0n) is 13.4. The quantitative estimate of drug-likeness (QED) is 0.862. The Balaban J connectivity index is 2.37. The molecule has 2 heterocycles. The SMILES string of the molecule is Cc1noc(C)c1S(=O)(=O)N[C@@H](CC(C)C)c1ncnn1C. The third-order valence-corrected chi connectivity index (χ3v) is 5.01. The normalized spacial score (nSPS) is 13.7. The fraction of sp³-hybridized carbons (Fsp3) is 0.615. The molecule has 122 valence electrons. The van der Waals surface area contributed by atoms with E-state index in [9.17, 15) is 8.42 Å². The maximum Gasteiger partial charge on any atom is 0.246 e. The van der Waals surface area contributed by atoms with Crippen LogP contribution in [0.4, 0.5) is 0 Å². The van der Waals surface area contributed by atoms with Crippen LogP contribution < -0.4 is 4.72 Å². The number of hydrogen-bond donors (Lipinski definition) is 1. The molecule has 1 atom stereocenters. The molecule has 0 radical (unpaired) electrons. The van der Waals surface area contributed by atoms with Crippen molar-refractivity contribution >= 4 is 10.0 Å². The van der Waals surface area contributed by atoms with Gasteiger partial charge in [-0.3, -0.25) is 4.68 Å². The summed E-state index contributed by atoms with van der Waals surface area (Å²) in [5.41, 5.74) is 0.339. The van der Waals surface area contributed by atoms with Crippen molar-refractivity contribution in [1.29, 1.82) is 0 Å². The van der Waals surface area contributed by atoms with E-state index in [0.29, 0.717) is 17.9 Å². The second kappa shape index (κ2) is 6.17. The number of rotatable bonds is 6. The second-order valence-electron chi connectivity index (χ2n) is 5.70.